The van der Waals surface area contributed by atoms with Crippen LogP contribution in [-0.2, 0) is 12.8 Å². The first-order chi connectivity index (χ1) is 15.1. The topological polar surface area (TPSA) is 32.3 Å². The maximum atomic E-state index is 12.8. The normalized spacial score (nSPS) is 17.2. The quantitative estimate of drug-likeness (QED) is 0.676. The number of allylic oxidation sites excluding steroid dienone is 1. The van der Waals surface area contributed by atoms with Crippen molar-refractivity contribution in [2.24, 2.45) is 5.41 Å². The Bertz CT molecular complexity index is 947. The minimum Gasteiger partial charge on any atom is -0.339 e. The van der Waals surface area contributed by atoms with Crippen molar-refractivity contribution in [3.05, 3.63) is 76.4 Å². The van der Waals surface area contributed by atoms with E-state index in [1.807, 2.05) is 30.9 Å². The van der Waals surface area contributed by atoms with E-state index < -0.39 is 0 Å². The second kappa shape index (κ2) is 9.40. The Morgan fingerprint density at radius 1 is 1.00 bits per heavy atom. The average Bonchev–Trinajstić information content (AvgIpc) is 2.80. The fraction of sp³-hybridized carbons (Fsp3) is 0.464. The van der Waals surface area contributed by atoms with Crippen LogP contribution in [0.25, 0.3) is 5.57 Å². The third-order valence-electron chi connectivity index (χ3n) is 7.09. The van der Waals surface area contributed by atoms with Crippen molar-refractivity contribution < 1.29 is 4.79 Å². The Kier molecular flexibility index (Phi) is 6.62. The molecule has 0 bridgehead atoms. The van der Waals surface area contributed by atoms with Crippen molar-refractivity contribution in [2.75, 3.05) is 26.2 Å². The third-order valence-corrected chi connectivity index (χ3v) is 7.09. The number of carbonyl (C=O) groups excluding carboxylic acids is 1. The SMILES string of the molecule is CCCc1ccc2c(c1)C(c1ccc(C(=O)N(CC)CC)cc1)=CC1(CCNCC1)C2. The third kappa shape index (κ3) is 4.48. The van der Waals surface area contributed by atoms with Crippen molar-refractivity contribution >= 4 is 11.5 Å². The molecule has 0 saturated carbocycles. The minimum absolute atomic E-state index is 0.120. The van der Waals surface area contributed by atoms with Crippen LogP contribution >= 0.6 is 0 Å². The summed E-state index contributed by atoms with van der Waals surface area (Å²) in [5.41, 5.74) is 7.88. The van der Waals surface area contributed by atoms with Gasteiger partial charge in [-0.2, -0.15) is 0 Å². The van der Waals surface area contributed by atoms with Crippen LogP contribution in [-0.4, -0.2) is 37.0 Å². The molecule has 1 aliphatic carbocycles. The number of amides is 1. The van der Waals surface area contributed by atoms with Crippen LogP contribution in [0.2, 0.25) is 0 Å². The molecule has 31 heavy (non-hydrogen) atoms. The summed E-state index contributed by atoms with van der Waals surface area (Å²) in [6, 6.07) is 15.4. The highest BCUT2D eigenvalue weighted by Crippen LogP contribution is 2.45. The minimum atomic E-state index is 0.120. The largest absolute Gasteiger partial charge is 0.339 e. The number of nitrogens with one attached hydrogen (secondary N) is 1. The summed E-state index contributed by atoms with van der Waals surface area (Å²) in [7, 11) is 0. The zero-order chi connectivity index (χ0) is 21.8. The Balaban J connectivity index is 1.73. The average molecular weight is 417 g/mol. The van der Waals surface area contributed by atoms with Gasteiger partial charge >= 0.3 is 0 Å². The molecular formula is C28H36N2O. The van der Waals surface area contributed by atoms with E-state index in [-0.39, 0.29) is 11.3 Å². The summed E-state index contributed by atoms with van der Waals surface area (Å²) in [4.78, 5) is 14.6. The second-order valence-electron chi connectivity index (χ2n) is 9.14. The molecule has 1 fully saturated rings. The molecule has 1 amide bonds. The fourth-order valence-corrected chi connectivity index (χ4v) is 5.26. The number of fused-ring (bicyclic) bond motifs is 1. The molecule has 0 aromatic heterocycles. The molecule has 0 radical (unpaired) electrons. The zero-order valence-electron chi connectivity index (χ0n) is 19.3. The van der Waals surface area contributed by atoms with Crippen LogP contribution in [0, 0.1) is 5.41 Å². The molecule has 0 atom stereocenters. The van der Waals surface area contributed by atoms with Gasteiger partial charge in [-0.3, -0.25) is 4.79 Å². The van der Waals surface area contributed by atoms with Crippen molar-refractivity contribution in [3.8, 4) is 0 Å². The van der Waals surface area contributed by atoms with Gasteiger partial charge in [0.2, 0.25) is 0 Å². The van der Waals surface area contributed by atoms with Gasteiger partial charge in [0, 0.05) is 18.7 Å². The van der Waals surface area contributed by atoms with Gasteiger partial charge in [-0.25, -0.2) is 0 Å². The number of benzene rings is 2. The van der Waals surface area contributed by atoms with Crippen LogP contribution < -0.4 is 5.32 Å². The lowest BCUT2D eigenvalue weighted by Crippen LogP contribution is -2.38. The number of aryl methyl sites for hydroxylation is 1. The summed E-state index contributed by atoms with van der Waals surface area (Å²) in [6.07, 6.45) is 8.35. The van der Waals surface area contributed by atoms with Gasteiger partial charge in [-0.05, 0) is 98.0 Å². The predicted octanol–water partition coefficient (Wildman–Crippen LogP) is 5.48. The van der Waals surface area contributed by atoms with E-state index in [0.29, 0.717) is 0 Å². The fourth-order valence-electron chi connectivity index (χ4n) is 5.26. The smallest absolute Gasteiger partial charge is 0.253 e. The van der Waals surface area contributed by atoms with Crippen LogP contribution in [0.4, 0.5) is 0 Å². The number of carbonyl (C=O) groups is 1. The van der Waals surface area contributed by atoms with Gasteiger partial charge in [0.15, 0.2) is 0 Å². The number of rotatable bonds is 6. The molecule has 1 spiro atoms. The van der Waals surface area contributed by atoms with E-state index in [2.05, 4.69) is 48.6 Å². The summed E-state index contributed by atoms with van der Waals surface area (Å²) in [5, 5.41) is 3.53. The van der Waals surface area contributed by atoms with E-state index in [1.165, 1.54) is 40.7 Å². The lowest BCUT2D eigenvalue weighted by Gasteiger charge is -2.40. The monoisotopic (exact) mass is 416 g/mol. The van der Waals surface area contributed by atoms with E-state index in [9.17, 15) is 4.79 Å². The Morgan fingerprint density at radius 2 is 1.71 bits per heavy atom. The molecule has 4 rings (SSSR count). The molecule has 1 saturated heterocycles. The van der Waals surface area contributed by atoms with Gasteiger partial charge in [-0.15, -0.1) is 0 Å². The molecule has 3 nitrogen and oxygen atoms in total. The lowest BCUT2D eigenvalue weighted by atomic mass is 9.67. The first-order valence-electron chi connectivity index (χ1n) is 12.0. The predicted molar refractivity (Wildman–Crippen MR) is 129 cm³/mol. The van der Waals surface area contributed by atoms with Crippen LogP contribution in [0.5, 0.6) is 0 Å². The molecule has 1 heterocycles. The summed E-state index contributed by atoms with van der Waals surface area (Å²) in [5.74, 6) is 0.120. The summed E-state index contributed by atoms with van der Waals surface area (Å²) in [6.45, 7) is 9.97. The number of piperidine rings is 1. The second-order valence-corrected chi connectivity index (χ2v) is 9.14. The molecule has 1 N–H and O–H groups in total. The van der Waals surface area contributed by atoms with Crippen LogP contribution in [0.15, 0.2) is 48.5 Å². The molecule has 3 heteroatoms. The molecule has 164 valence electrons. The van der Waals surface area contributed by atoms with Crippen LogP contribution in [0.1, 0.15) is 72.6 Å². The van der Waals surface area contributed by atoms with Gasteiger partial charge in [0.1, 0.15) is 0 Å². The Labute approximate surface area is 187 Å². The summed E-state index contributed by atoms with van der Waals surface area (Å²) >= 11 is 0. The van der Waals surface area contributed by atoms with Gasteiger partial charge in [-0.1, -0.05) is 49.8 Å². The highest BCUT2D eigenvalue weighted by atomic mass is 16.2. The highest BCUT2D eigenvalue weighted by Gasteiger charge is 2.35. The molecule has 1 aliphatic heterocycles. The Morgan fingerprint density at radius 3 is 2.35 bits per heavy atom. The first-order valence-corrected chi connectivity index (χ1v) is 12.0. The maximum absolute atomic E-state index is 12.8. The zero-order valence-corrected chi connectivity index (χ0v) is 19.3. The van der Waals surface area contributed by atoms with E-state index in [0.717, 1.165) is 51.0 Å². The summed E-state index contributed by atoms with van der Waals surface area (Å²) < 4.78 is 0. The number of nitrogens with zero attached hydrogens (tertiary/aromatic N) is 1. The van der Waals surface area contributed by atoms with E-state index in [1.54, 1.807) is 0 Å². The lowest BCUT2D eigenvalue weighted by molar-refractivity contribution is 0.0773. The van der Waals surface area contributed by atoms with Crippen molar-refractivity contribution in [1.82, 2.24) is 10.2 Å². The van der Waals surface area contributed by atoms with Gasteiger partial charge < -0.3 is 10.2 Å². The van der Waals surface area contributed by atoms with E-state index >= 15 is 0 Å². The first kappa shape index (κ1) is 21.8. The highest BCUT2D eigenvalue weighted by molar-refractivity contribution is 5.95. The number of hydrogen-bond donors (Lipinski definition) is 1. The van der Waals surface area contributed by atoms with Crippen molar-refractivity contribution in [2.45, 2.75) is 52.9 Å². The number of hydrogen-bond acceptors (Lipinski definition) is 2. The van der Waals surface area contributed by atoms with Crippen molar-refractivity contribution in [3.63, 3.8) is 0 Å². The maximum Gasteiger partial charge on any atom is 0.253 e. The van der Waals surface area contributed by atoms with E-state index in [4.69, 9.17) is 0 Å². The van der Waals surface area contributed by atoms with Gasteiger partial charge in [0.25, 0.3) is 5.91 Å². The Hall–Kier alpha value is -2.39. The van der Waals surface area contributed by atoms with Gasteiger partial charge in [0.05, 0.1) is 0 Å². The molecular weight excluding hydrogens is 380 g/mol. The standard InChI is InChI=1S/C28H36N2O/c1-4-7-21-8-9-24-19-28(14-16-29-17-15-28)20-26(25(24)18-21)22-10-12-23(13-11-22)27(31)30(5-2)6-3/h8-13,18,20,29H,4-7,14-17,19H2,1-3H3. The molecule has 2 aromatic rings. The molecule has 2 aliphatic rings. The van der Waals surface area contributed by atoms with Crippen LogP contribution in [0.3, 0.4) is 0 Å². The molecule has 0 unspecified atom stereocenters. The van der Waals surface area contributed by atoms with Crippen molar-refractivity contribution in [1.29, 1.82) is 0 Å². The molecule has 2 aromatic carbocycles.